The molecule has 2 heterocycles. The van der Waals surface area contributed by atoms with Gasteiger partial charge in [-0.3, -0.25) is 0 Å². The van der Waals surface area contributed by atoms with Crippen LogP contribution in [-0.4, -0.2) is 28.9 Å². The lowest BCUT2D eigenvalue weighted by molar-refractivity contribution is 0.136. The highest BCUT2D eigenvalue weighted by Gasteiger charge is 2.46. The van der Waals surface area contributed by atoms with Crippen molar-refractivity contribution in [1.29, 1.82) is 0 Å². The van der Waals surface area contributed by atoms with Crippen LogP contribution >= 0.6 is 0 Å². The SMILES string of the molecule is Cc1noc(-c2ccc(OC3CCCCC3)cn2)c1CNC(=O)OC[C@H]1CC1(C)C. The molecule has 2 aromatic rings. The van der Waals surface area contributed by atoms with Crippen molar-refractivity contribution >= 4 is 6.09 Å². The van der Waals surface area contributed by atoms with Crippen molar-refractivity contribution in [3.8, 4) is 17.2 Å². The number of ether oxygens (including phenoxy) is 2. The quantitative estimate of drug-likeness (QED) is 0.685. The number of rotatable bonds is 7. The lowest BCUT2D eigenvalue weighted by Crippen LogP contribution is -2.25. The van der Waals surface area contributed by atoms with Gasteiger partial charge in [-0.1, -0.05) is 25.4 Å². The summed E-state index contributed by atoms with van der Waals surface area (Å²) in [6.07, 6.45) is 8.64. The fourth-order valence-corrected chi connectivity index (χ4v) is 4.01. The highest BCUT2D eigenvalue weighted by molar-refractivity contribution is 5.68. The zero-order chi connectivity index (χ0) is 21.1. The zero-order valence-corrected chi connectivity index (χ0v) is 18.1. The van der Waals surface area contributed by atoms with Crippen LogP contribution in [0.1, 0.15) is 63.6 Å². The number of amides is 1. The molecule has 2 aromatic heterocycles. The molecule has 1 N–H and O–H groups in total. The van der Waals surface area contributed by atoms with Crippen LogP contribution in [0.25, 0.3) is 11.5 Å². The van der Waals surface area contributed by atoms with Gasteiger partial charge in [0.05, 0.1) is 31.1 Å². The first-order valence-electron chi connectivity index (χ1n) is 10.9. The molecule has 4 rings (SSSR count). The predicted octanol–water partition coefficient (Wildman–Crippen LogP) is 5.03. The first kappa shape index (κ1) is 20.7. The number of carbonyl (C=O) groups excluding carboxylic acids is 1. The van der Waals surface area contributed by atoms with Gasteiger partial charge >= 0.3 is 6.09 Å². The normalized spacial score (nSPS) is 20.6. The van der Waals surface area contributed by atoms with Gasteiger partial charge in [0.2, 0.25) is 0 Å². The number of aromatic nitrogens is 2. The summed E-state index contributed by atoms with van der Waals surface area (Å²) in [5, 5.41) is 6.85. The predicted molar refractivity (Wildman–Crippen MR) is 112 cm³/mol. The van der Waals surface area contributed by atoms with E-state index in [0.29, 0.717) is 24.0 Å². The van der Waals surface area contributed by atoms with Crippen molar-refractivity contribution < 1.29 is 18.8 Å². The van der Waals surface area contributed by atoms with Crippen molar-refractivity contribution in [3.63, 3.8) is 0 Å². The smallest absolute Gasteiger partial charge is 0.407 e. The maximum atomic E-state index is 12.1. The fourth-order valence-electron chi connectivity index (χ4n) is 4.01. The summed E-state index contributed by atoms with van der Waals surface area (Å²) in [4.78, 5) is 16.6. The second-order valence-electron chi connectivity index (χ2n) is 9.17. The number of nitrogens with zero attached hydrogens (tertiary/aromatic N) is 2. The molecule has 30 heavy (non-hydrogen) atoms. The van der Waals surface area contributed by atoms with Gasteiger partial charge in [0.1, 0.15) is 11.4 Å². The molecule has 2 aliphatic rings. The molecule has 162 valence electrons. The zero-order valence-electron chi connectivity index (χ0n) is 18.1. The van der Waals surface area contributed by atoms with Gasteiger partial charge in [0.15, 0.2) is 5.76 Å². The molecule has 2 fully saturated rings. The Morgan fingerprint density at radius 3 is 2.70 bits per heavy atom. The molecule has 1 atom stereocenters. The van der Waals surface area contributed by atoms with Crippen molar-refractivity contribution in [2.75, 3.05) is 6.61 Å². The van der Waals surface area contributed by atoms with Crippen LogP contribution in [-0.2, 0) is 11.3 Å². The van der Waals surface area contributed by atoms with Crippen molar-refractivity contribution in [1.82, 2.24) is 15.5 Å². The maximum absolute atomic E-state index is 12.1. The van der Waals surface area contributed by atoms with Crippen LogP contribution in [0.3, 0.4) is 0 Å². The van der Waals surface area contributed by atoms with Gasteiger partial charge in [-0.2, -0.15) is 0 Å². The van der Waals surface area contributed by atoms with Crippen LogP contribution in [0.5, 0.6) is 5.75 Å². The minimum absolute atomic E-state index is 0.277. The highest BCUT2D eigenvalue weighted by atomic mass is 16.5. The molecule has 0 radical (unpaired) electrons. The Labute approximate surface area is 177 Å². The second-order valence-corrected chi connectivity index (χ2v) is 9.17. The second kappa shape index (κ2) is 8.66. The Hall–Kier alpha value is -2.57. The Bertz CT molecular complexity index is 869. The first-order chi connectivity index (χ1) is 14.4. The molecule has 0 spiro atoms. The third-order valence-corrected chi connectivity index (χ3v) is 6.35. The lowest BCUT2D eigenvalue weighted by atomic mass is 9.98. The number of hydrogen-bond acceptors (Lipinski definition) is 6. The molecular weight excluding hydrogens is 382 g/mol. The highest BCUT2D eigenvalue weighted by Crippen LogP contribution is 2.51. The van der Waals surface area contributed by atoms with E-state index in [1.807, 2.05) is 19.1 Å². The Morgan fingerprint density at radius 1 is 1.27 bits per heavy atom. The molecule has 2 aliphatic carbocycles. The van der Waals surface area contributed by atoms with Crippen LogP contribution < -0.4 is 10.1 Å². The summed E-state index contributed by atoms with van der Waals surface area (Å²) in [5.74, 6) is 1.78. The van der Waals surface area contributed by atoms with Crippen LogP contribution in [0.2, 0.25) is 0 Å². The fraction of sp³-hybridized carbons (Fsp3) is 0.609. The Balaban J connectivity index is 1.34. The van der Waals surface area contributed by atoms with Crippen molar-refractivity contribution in [2.45, 2.75) is 71.9 Å². The van der Waals surface area contributed by atoms with Crippen LogP contribution in [0, 0.1) is 18.3 Å². The van der Waals surface area contributed by atoms with E-state index in [2.05, 4.69) is 29.3 Å². The molecule has 2 saturated carbocycles. The van der Waals surface area contributed by atoms with E-state index >= 15 is 0 Å². The summed E-state index contributed by atoms with van der Waals surface area (Å²) < 4.78 is 16.9. The van der Waals surface area contributed by atoms with Gasteiger partial charge < -0.3 is 19.3 Å². The number of nitrogens with one attached hydrogen (secondary N) is 1. The molecule has 0 aromatic carbocycles. The third-order valence-electron chi connectivity index (χ3n) is 6.35. The number of aryl methyl sites for hydroxylation is 1. The summed E-state index contributed by atoms with van der Waals surface area (Å²) in [6.45, 7) is 6.95. The molecule has 1 amide bonds. The van der Waals surface area contributed by atoms with E-state index < -0.39 is 6.09 Å². The van der Waals surface area contributed by atoms with E-state index in [9.17, 15) is 4.79 Å². The molecule has 7 nitrogen and oxygen atoms in total. The summed E-state index contributed by atoms with van der Waals surface area (Å²) in [6, 6.07) is 3.78. The summed E-state index contributed by atoms with van der Waals surface area (Å²) >= 11 is 0. The van der Waals surface area contributed by atoms with E-state index in [1.165, 1.54) is 19.3 Å². The first-order valence-corrected chi connectivity index (χ1v) is 10.9. The minimum Gasteiger partial charge on any atom is -0.489 e. The lowest BCUT2D eigenvalue weighted by Gasteiger charge is -2.22. The summed E-state index contributed by atoms with van der Waals surface area (Å²) in [5.41, 5.74) is 2.47. The van der Waals surface area contributed by atoms with Crippen molar-refractivity contribution in [2.24, 2.45) is 11.3 Å². The van der Waals surface area contributed by atoms with Gasteiger partial charge in [0.25, 0.3) is 0 Å². The molecule has 0 unspecified atom stereocenters. The number of pyridine rings is 1. The van der Waals surface area contributed by atoms with Crippen molar-refractivity contribution in [3.05, 3.63) is 29.6 Å². The Kier molecular flexibility index (Phi) is 5.97. The molecule has 7 heteroatoms. The largest absolute Gasteiger partial charge is 0.489 e. The van der Waals surface area contributed by atoms with Gasteiger partial charge in [-0.15, -0.1) is 0 Å². The van der Waals surface area contributed by atoms with Crippen LogP contribution in [0.15, 0.2) is 22.9 Å². The van der Waals surface area contributed by atoms with E-state index in [1.54, 1.807) is 6.20 Å². The monoisotopic (exact) mass is 413 g/mol. The number of carbonyl (C=O) groups is 1. The Morgan fingerprint density at radius 2 is 2.03 bits per heavy atom. The average molecular weight is 414 g/mol. The van der Waals surface area contributed by atoms with Crippen LogP contribution in [0.4, 0.5) is 4.79 Å². The molecule has 0 bridgehead atoms. The molecule has 0 aliphatic heterocycles. The van der Waals surface area contributed by atoms with E-state index in [4.69, 9.17) is 14.0 Å². The topological polar surface area (TPSA) is 86.5 Å². The van der Waals surface area contributed by atoms with E-state index in [-0.39, 0.29) is 18.1 Å². The average Bonchev–Trinajstić information content (AvgIpc) is 3.19. The van der Waals surface area contributed by atoms with Gasteiger partial charge in [-0.05, 0) is 62.5 Å². The maximum Gasteiger partial charge on any atom is 0.407 e. The summed E-state index contributed by atoms with van der Waals surface area (Å²) in [7, 11) is 0. The van der Waals surface area contributed by atoms with E-state index in [0.717, 1.165) is 36.3 Å². The standard InChI is InChI=1S/C23H31N3O4/c1-15-19(13-25-22(27)28-14-16-11-23(16,2)3)21(30-26-15)20-10-9-18(12-24-20)29-17-7-5-4-6-8-17/h9-10,12,16-17H,4-8,11,13-14H2,1-3H3,(H,25,27)/t16-/m1/s1. The molecule has 0 saturated heterocycles. The number of alkyl carbamates (subject to hydrolysis) is 1. The number of hydrogen-bond donors (Lipinski definition) is 1. The van der Waals surface area contributed by atoms with Gasteiger partial charge in [0, 0.05) is 5.56 Å². The third kappa shape index (κ3) is 4.94. The minimum atomic E-state index is -0.423. The molecular formula is C23H31N3O4. The van der Waals surface area contributed by atoms with Gasteiger partial charge in [-0.25, -0.2) is 9.78 Å².